The zero-order chi connectivity index (χ0) is 32.8. The highest BCUT2D eigenvalue weighted by atomic mass is 35.5. The number of rotatable bonds is 9. The van der Waals surface area contributed by atoms with Crippen molar-refractivity contribution in [1.29, 1.82) is 0 Å². The van der Waals surface area contributed by atoms with E-state index in [1.54, 1.807) is 54.6 Å². The second-order valence-corrected chi connectivity index (χ2v) is 11.5. The van der Waals surface area contributed by atoms with Crippen LogP contribution in [0.15, 0.2) is 70.3 Å². The Morgan fingerprint density at radius 1 is 1.15 bits per heavy atom. The SMILES string of the molecule is COC(=O)Nc1ccc(-c2cc(C(Cc3noc(C(C)(C)C)n3)NC(=O)C=Cc3cc(Cl)ccc3-n3cnnn3)n[nH]c2=O)cc1. The number of hydrogen-bond donors (Lipinski definition) is 3. The van der Waals surface area contributed by atoms with Crippen molar-refractivity contribution in [1.82, 2.24) is 45.9 Å². The fourth-order valence-corrected chi connectivity index (χ4v) is 4.47. The number of anilines is 1. The van der Waals surface area contributed by atoms with E-state index in [0.29, 0.717) is 44.9 Å². The van der Waals surface area contributed by atoms with Crippen LogP contribution >= 0.6 is 11.6 Å². The number of aromatic nitrogens is 8. The highest BCUT2D eigenvalue weighted by Gasteiger charge is 2.25. The third kappa shape index (κ3) is 7.68. The van der Waals surface area contributed by atoms with Crippen LogP contribution in [0.3, 0.4) is 0 Å². The Labute approximate surface area is 267 Å². The average Bonchev–Trinajstić information content (AvgIpc) is 3.74. The van der Waals surface area contributed by atoms with Crippen molar-refractivity contribution in [2.75, 3.05) is 12.4 Å². The van der Waals surface area contributed by atoms with E-state index < -0.39 is 23.6 Å². The number of aromatic amines is 1. The van der Waals surface area contributed by atoms with Crippen molar-refractivity contribution >= 4 is 35.4 Å². The van der Waals surface area contributed by atoms with Crippen LogP contribution in [0.2, 0.25) is 5.02 Å². The third-order valence-electron chi connectivity index (χ3n) is 6.62. The smallest absolute Gasteiger partial charge is 0.411 e. The van der Waals surface area contributed by atoms with Gasteiger partial charge in [-0.1, -0.05) is 49.7 Å². The van der Waals surface area contributed by atoms with Gasteiger partial charge in [0, 0.05) is 34.2 Å². The molecular weight excluding hydrogens is 616 g/mol. The monoisotopic (exact) mass is 644 g/mol. The van der Waals surface area contributed by atoms with Crippen LogP contribution in [0.1, 0.15) is 49.8 Å². The average molecular weight is 645 g/mol. The molecular formula is C30H29ClN10O5. The molecule has 1 atom stereocenters. The summed E-state index contributed by atoms with van der Waals surface area (Å²) in [7, 11) is 1.26. The van der Waals surface area contributed by atoms with E-state index in [4.69, 9.17) is 16.1 Å². The lowest BCUT2D eigenvalue weighted by Crippen LogP contribution is -2.30. The molecule has 2 aromatic carbocycles. The summed E-state index contributed by atoms with van der Waals surface area (Å²) < 4.78 is 11.5. The molecule has 0 saturated heterocycles. The zero-order valence-corrected chi connectivity index (χ0v) is 25.9. The number of hydrogen-bond acceptors (Lipinski definition) is 11. The fraction of sp³-hybridized carbons (Fsp3) is 0.233. The Kier molecular flexibility index (Phi) is 9.32. The molecule has 1 unspecified atom stereocenters. The van der Waals surface area contributed by atoms with Crippen LogP contribution in [0.25, 0.3) is 22.9 Å². The molecule has 15 nitrogen and oxygen atoms in total. The quantitative estimate of drug-likeness (QED) is 0.196. The van der Waals surface area contributed by atoms with Gasteiger partial charge in [-0.2, -0.15) is 14.8 Å². The van der Waals surface area contributed by atoms with Gasteiger partial charge in [-0.25, -0.2) is 9.89 Å². The topological polar surface area (TPSA) is 196 Å². The van der Waals surface area contributed by atoms with E-state index in [-0.39, 0.29) is 17.4 Å². The number of tetrazole rings is 1. The fourth-order valence-electron chi connectivity index (χ4n) is 4.29. The van der Waals surface area contributed by atoms with Gasteiger partial charge in [0.25, 0.3) is 5.56 Å². The summed E-state index contributed by atoms with van der Waals surface area (Å²) in [5.74, 6) is 0.294. The molecule has 5 rings (SSSR count). The number of ether oxygens (including phenoxy) is 1. The largest absolute Gasteiger partial charge is 0.453 e. The second-order valence-electron chi connectivity index (χ2n) is 11.1. The van der Waals surface area contributed by atoms with Gasteiger partial charge in [0.2, 0.25) is 11.8 Å². The van der Waals surface area contributed by atoms with Crippen molar-refractivity contribution in [2.24, 2.45) is 0 Å². The van der Waals surface area contributed by atoms with E-state index in [2.05, 4.69) is 51.2 Å². The van der Waals surface area contributed by atoms with Crippen LogP contribution in [-0.4, -0.2) is 59.7 Å². The number of benzene rings is 2. The first-order chi connectivity index (χ1) is 22.0. The molecule has 16 heteroatoms. The lowest BCUT2D eigenvalue weighted by molar-refractivity contribution is -0.117. The van der Waals surface area contributed by atoms with E-state index in [1.165, 1.54) is 24.2 Å². The predicted octanol–water partition coefficient (Wildman–Crippen LogP) is 4.04. The summed E-state index contributed by atoms with van der Waals surface area (Å²) in [6.07, 6.45) is 3.82. The number of halogens is 1. The number of amides is 2. The van der Waals surface area contributed by atoms with Gasteiger partial charge < -0.3 is 14.6 Å². The molecule has 0 radical (unpaired) electrons. The lowest BCUT2D eigenvalue weighted by atomic mass is 9.97. The van der Waals surface area contributed by atoms with Crippen LogP contribution < -0.4 is 16.2 Å². The molecule has 0 aliphatic rings. The maximum atomic E-state index is 13.3. The Morgan fingerprint density at radius 3 is 2.61 bits per heavy atom. The number of carbonyl (C=O) groups excluding carboxylic acids is 2. The maximum absolute atomic E-state index is 13.3. The normalized spacial score (nSPS) is 12.2. The maximum Gasteiger partial charge on any atom is 0.411 e. The first-order valence-corrected chi connectivity index (χ1v) is 14.3. The van der Waals surface area contributed by atoms with Crippen LogP contribution in [-0.2, 0) is 21.4 Å². The van der Waals surface area contributed by atoms with Crippen molar-refractivity contribution in [3.05, 3.63) is 99.3 Å². The zero-order valence-electron chi connectivity index (χ0n) is 25.2. The Bertz CT molecular complexity index is 1930. The molecule has 0 fully saturated rings. The number of nitrogens with zero attached hydrogens (tertiary/aromatic N) is 7. The minimum atomic E-state index is -0.781. The molecule has 46 heavy (non-hydrogen) atoms. The highest BCUT2D eigenvalue weighted by Crippen LogP contribution is 2.25. The van der Waals surface area contributed by atoms with Gasteiger partial charge in [-0.3, -0.25) is 14.9 Å². The number of methoxy groups -OCH3 is 1. The standard InChI is InChI=1S/C30H29ClN10O5/c1-30(2,3)28-35-25(38-46-28)15-22(34-26(42)12-7-18-13-19(31)8-11-24(18)41-16-32-39-40-41)23-14-21(27(43)37-36-23)17-5-9-20(10-6-17)33-29(44)45-4/h5-14,16,22H,15H2,1-4H3,(H,33,44)(H,34,42)(H,37,43). The van der Waals surface area contributed by atoms with E-state index in [1.807, 2.05) is 20.8 Å². The Hall–Kier alpha value is -5.70. The third-order valence-corrected chi connectivity index (χ3v) is 6.86. The van der Waals surface area contributed by atoms with Crippen molar-refractivity contribution in [3.8, 4) is 16.8 Å². The van der Waals surface area contributed by atoms with Gasteiger partial charge in [-0.05, 0) is 58.5 Å². The van der Waals surface area contributed by atoms with Crippen molar-refractivity contribution in [3.63, 3.8) is 0 Å². The molecule has 236 valence electrons. The lowest BCUT2D eigenvalue weighted by Gasteiger charge is -2.16. The van der Waals surface area contributed by atoms with Gasteiger partial charge >= 0.3 is 6.09 Å². The minimum absolute atomic E-state index is 0.104. The molecule has 0 aliphatic heterocycles. The van der Waals surface area contributed by atoms with E-state index in [9.17, 15) is 14.4 Å². The summed E-state index contributed by atoms with van der Waals surface area (Å²) in [6.45, 7) is 5.82. The molecule has 0 aliphatic carbocycles. The second kappa shape index (κ2) is 13.5. The predicted molar refractivity (Wildman–Crippen MR) is 167 cm³/mol. The summed E-state index contributed by atoms with van der Waals surface area (Å²) >= 11 is 6.22. The molecule has 0 bridgehead atoms. The molecule has 5 aromatic rings. The Morgan fingerprint density at radius 2 is 1.93 bits per heavy atom. The Balaban J connectivity index is 1.45. The number of H-pyrrole nitrogens is 1. The van der Waals surface area contributed by atoms with Crippen LogP contribution in [0.4, 0.5) is 10.5 Å². The molecule has 3 aromatic heterocycles. The first-order valence-electron chi connectivity index (χ1n) is 13.9. The van der Waals surface area contributed by atoms with E-state index >= 15 is 0 Å². The summed E-state index contributed by atoms with van der Waals surface area (Å²) in [5, 5.41) is 28.0. The highest BCUT2D eigenvalue weighted by molar-refractivity contribution is 6.30. The number of nitrogens with one attached hydrogen (secondary N) is 3. The first kappa shape index (κ1) is 31.7. The van der Waals surface area contributed by atoms with Crippen LogP contribution in [0.5, 0.6) is 0 Å². The summed E-state index contributed by atoms with van der Waals surface area (Å²) in [4.78, 5) is 42.2. The molecule has 2 amide bonds. The van der Waals surface area contributed by atoms with Gasteiger partial charge in [0.1, 0.15) is 6.33 Å². The summed E-state index contributed by atoms with van der Waals surface area (Å²) in [5.41, 5.74) is 2.02. The van der Waals surface area contributed by atoms with Crippen molar-refractivity contribution < 1.29 is 18.8 Å². The van der Waals surface area contributed by atoms with Gasteiger partial charge in [0.15, 0.2) is 5.82 Å². The molecule has 3 heterocycles. The van der Waals surface area contributed by atoms with E-state index in [0.717, 1.165) is 0 Å². The van der Waals surface area contributed by atoms with Gasteiger partial charge in [0.05, 0.1) is 30.1 Å². The van der Waals surface area contributed by atoms with Crippen LogP contribution in [0, 0.1) is 0 Å². The number of carbonyl (C=O) groups is 2. The van der Waals surface area contributed by atoms with Gasteiger partial charge in [-0.15, -0.1) is 5.10 Å². The summed E-state index contributed by atoms with van der Waals surface area (Å²) in [6, 6.07) is 12.5. The minimum Gasteiger partial charge on any atom is -0.453 e. The molecule has 3 N–H and O–H groups in total. The molecule has 0 saturated carbocycles. The van der Waals surface area contributed by atoms with Crippen molar-refractivity contribution in [2.45, 2.75) is 38.6 Å². The molecule has 0 spiro atoms.